The van der Waals surface area contributed by atoms with E-state index >= 15 is 0 Å². The molecule has 0 spiro atoms. The summed E-state index contributed by atoms with van der Waals surface area (Å²) in [7, 11) is 1.64. The van der Waals surface area contributed by atoms with Gasteiger partial charge < -0.3 is 20.1 Å². The largest absolute Gasteiger partial charge is 0.493 e. The lowest BCUT2D eigenvalue weighted by molar-refractivity contribution is 0.233. The van der Waals surface area contributed by atoms with Crippen LogP contribution in [0.25, 0.3) is 0 Å². The van der Waals surface area contributed by atoms with E-state index in [2.05, 4.69) is 10.6 Å². The molecular weight excluding hydrogens is 292 g/mol. The Bertz CT molecular complexity index is 499. The summed E-state index contributed by atoms with van der Waals surface area (Å²) in [5, 5.41) is 5.99. The second-order valence-electron chi connectivity index (χ2n) is 5.90. The first-order valence-corrected chi connectivity index (χ1v) is 8.57. The number of carbonyl (C=O) groups is 1. The predicted molar refractivity (Wildman–Crippen MR) is 91.3 cm³/mol. The number of methoxy groups -OCH3 is 1. The fourth-order valence-corrected chi connectivity index (χ4v) is 2.95. The van der Waals surface area contributed by atoms with E-state index in [4.69, 9.17) is 9.47 Å². The van der Waals surface area contributed by atoms with Crippen molar-refractivity contribution in [1.29, 1.82) is 0 Å². The van der Waals surface area contributed by atoms with Crippen molar-refractivity contribution in [2.24, 2.45) is 0 Å². The fourth-order valence-electron chi connectivity index (χ4n) is 2.95. The molecule has 0 heterocycles. The van der Waals surface area contributed by atoms with E-state index in [1.165, 1.54) is 19.3 Å². The number of urea groups is 1. The van der Waals surface area contributed by atoms with E-state index in [1.807, 2.05) is 25.1 Å². The molecule has 1 saturated carbocycles. The minimum Gasteiger partial charge on any atom is -0.493 e. The predicted octanol–water partition coefficient (Wildman–Crippen LogP) is 3.27. The highest BCUT2D eigenvalue weighted by Crippen LogP contribution is 2.28. The van der Waals surface area contributed by atoms with Crippen LogP contribution in [0.4, 0.5) is 4.79 Å². The van der Waals surface area contributed by atoms with Crippen molar-refractivity contribution in [2.45, 2.75) is 51.5 Å². The maximum atomic E-state index is 11.9. The first-order chi connectivity index (χ1) is 11.2. The molecule has 128 valence electrons. The summed E-state index contributed by atoms with van der Waals surface area (Å²) < 4.78 is 10.8. The quantitative estimate of drug-likeness (QED) is 0.810. The number of hydrogen-bond donors (Lipinski definition) is 2. The Kier molecular flexibility index (Phi) is 7.04. The van der Waals surface area contributed by atoms with Crippen LogP contribution in [0.5, 0.6) is 11.5 Å². The highest BCUT2D eigenvalue weighted by atomic mass is 16.5. The highest BCUT2D eigenvalue weighted by molar-refractivity contribution is 5.74. The van der Waals surface area contributed by atoms with Crippen LogP contribution in [0.3, 0.4) is 0 Å². The van der Waals surface area contributed by atoms with Gasteiger partial charge in [0.1, 0.15) is 0 Å². The maximum Gasteiger partial charge on any atom is 0.315 e. The normalized spacial score (nSPS) is 15.0. The standard InChI is InChI=1S/C18H28N2O3/c1-3-23-16-10-9-14(13-17(16)22-2)11-12-19-18(21)20-15-7-5-4-6-8-15/h9-10,13,15H,3-8,11-12H2,1-2H3,(H2,19,20,21). The van der Waals surface area contributed by atoms with E-state index in [-0.39, 0.29) is 6.03 Å². The van der Waals surface area contributed by atoms with Crippen molar-refractivity contribution in [1.82, 2.24) is 10.6 Å². The molecule has 1 aromatic rings. The van der Waals surface area contributed by atoms with Crippen LogP contribution in [0.2, 0.25) is 0 Å². The molecule has 1 fully saturated rings. The van der Waals surface area contributed by atoms with Gasteiger partial charge in [-0.3, -0.25) is 0 Å². The minimum atomic E-state index is -0.0604. The fraction of sp³-hybridized carbons (Fsp3) is 0.611. The van der Waals surface area contributed by atoms with E-state index in [0.717, 1.165) is 36.3 Å². The Balaban J connectivity index is 1.75. The molecule has 0 saturated heterocycles. The van der Waals surface area contributed by atoms with Gasteiger partial charge in [0.2, 0.25) is 0 Å². The molecule has 1 aliphatic rings. The highest BCUT2D eigenvalue weighted by Gasteiger charge is 2.15. The lowest BCUT2D eigenvalue weighted by atomic mass is 9.96. The molecule has 0 aliphatic heterocycles. The number of rotatable bonds is 7. The zero-order chi connectivity index (χ0) is 16.5. The molecule has 0 bridgehead atoms. The van der Waals surface area contributed by atoms with Crippen LogP contribution in [0, 0.1) is 0 Å². The molecule has 5 nitrogen and oxygen atoms in total. The lowest BCUT2D eigenvalue weighted by Gasteiger charge is -2.22. The van der Waals surface area contributed by atoms with Gasteiger partial charge >= 0.3 is 6.03 Å². The zero-order valence-corrected chi connectivity index (χ0v) is 14.2. The molecule has 5 heteroatoms. The Hall–Kier alpha value is -1.91. The molecule has 0 atom stereocenters. The van der Waals surface area contributed by atoms with E-state index < -0.39 is 0 Å². The molecule has 2 amide bonds. The molecular formula is C18H28N2O3. The summed E-state index contributed by atoms with van der Waals surface area (Å²) in [4.78, 5) is 11.9. The van der Waals surface area contributed by atoms with Crippen molar-refractivity contribution >= 4 is 6.03 Å². The van der Waals surface area contributed by atoms with Crippen molar-refractivity contribution in [3.8, 4) is 11.5 Å². The summed E-state index contributed by atoms with van der Waals surface area (Å²) in [5.74, 6) is 1.48. The third-order valence-electron chi connectivity index (χ3n) is 4.17. The minimum absolute atomic E-state index is 0.0604. The molecule has 0 radical (unpaired) electrons. The summed E-state index contributed by atoms with van der Waals surface area (Å²) in [6.45, 7) is 3.16. The molecule has 0 aromatic heterocycles. The van der Waals surface area contributed by atoms with Crippen molar-refractivity contribution in [3.63, 3.8) is 0 Å². The van der Waals surface area contributed by atoms with E-state index in [0.29, 0.717) is 19.2 Å². The Labute approximate surface area is 138 Å². The van der Waals surface area contributed by atoms with Crippen LogP contribution in [-0.2, 0) is 6.42 Å². The monoisotopic (exact) mass is 320 g/mol. The molecule has 1 aromatic carbocycles. The maximum absolute atomic E-state index is 11.9. The van der Waals surface area contributed by atoms with Crippen LogP contribution in [0.1, 0.15) is 44.6 Å². The van der Waals surface area contributed by atoms with Gasteiger partial charge in [0.15, 0.2) is 11.5 Å². The number of ether oxygens (including phenoxy) is 2. The Morgan fingerprint density at radius 1 is 1.22 bits per heavy atom. The van der Waals surface area contributed by atoms with Gasteiger partial charge in [-0.2, -0.15) is 0 Å². The van der Waals surface area contributed by atoms with Gasteiger partial charge in [0.25, 0.3) is 0 Å². The van der Waals surface area contributed by atoms with Gasteiger partial charge in [-0.05, 0) is 43.9 Å². The van der Waals surface area contributed by atoms with Gasteiger partial charge in [-0.1, -0.05) is 25.3 Å². The third-order valence-corrected chi connectivity index (χ3v) is 4.17. The SMILES string of the molecule is CCOc1ccc(CCNC(=O)NC2CCCCC2)cc1OC. The molecule has 0 unspecified atom stereocenters. The van der Waals surface area contributed by atoms with Crippen LogP contribution in [-0.4, -0.2) is 32.3 Å². The Morgan fingerprint density at radius 3 is 2.70 bits per heavy atom. The summed E-state index contributed by atoms with van der Waals surface area (Å²) in [6, 6.07) is 6.17. The molecule has 2 N–H and O–H groups in total. The number of amides is 2. The van der Waals surface area contributed by atoms with Crippen LogP contribution < -0.4 is 20.1 Å². The first-order valence-electron chi connectivity index (χ1n) is 8.57. The van der Waals surface area contributed by atoms with Crippen molar-refractivity contribution < 1.29 is 14.3 Å². The second-order valence-corrected chi connectivity index (χ2v) is 5.90. The first kappa shape index (κ1) is 17.4. The lowest BCUT2D eigenvalue weighted by Crippen LogP contribution is -2.43. The van der Waals surface area contributed by atoms with Crippen molar-refractivity contribution in [3.05, 3.63) is 23.8 Å². The smallest absolute Gasteiger partial charge is 0.315 e. The Morgan fingerprint density at radius 2 is 2.00 bits per heavy atom. The van der Waals surface area contributed by atoms with Crippen LogP contribution in [0.15, 0.2) is 18.2 Å². The molecule has 23 heavy (non-hydrogen) atoms. The zero-order valence-electron chi connectivity index (χ0n) is 14.2. The summed E-state index contributed by atoms with van der Waals surface area (Å²) in [6.07, 6.45) is 6.70. The van der Waals surface area contributed by atoms with Gasteiger partial charge in [0.05, 0.1) is 13.7 Å². The number of carbonyl (C=O) groups excluding carboxylic acids is 1. The average Bonchev–Trinajstić information content (AvgIpc) is 2.57. The topological polar surface area (TPSA) is 59.6 Å². The van der Waals surface area contributed by atoms with Crippen LogP contribution >= 0.6 is 0 Å². The molecule has 2 rings (SSSR count). The average molecular weight is 320 g/mol. The number of benzene rings is 1. The number of hydrogen-bond acceptors (Lipinski definition) is 3. The van der Waals surface area contributed by atoms with E-state index in [1.54, 1.807) is 7.11 Å². The summed E-state index contributed by atoms with van der Waals surface area (Å²) >= 11 is 0. The number of nitrogens with one attached hydrogen (secondary N) is 2. The summed E-state index contributed by atoms with van der Waals surface area (Å²) in [5.41, 5.74) is 1.11. The third kappa shape index (κ3) is 5.66. The van der Waals surface area contributed by atoms with Gasteiger partial charge in [-0.25, -0.2) is 4.79 Å². The van der Waals surface area contributed by atoms with Gasteiger partial charge in [-0.15, -0.1) is 0 Å². The van der Waals surface area contributed by atoms with Gasteiger partial charge in [0, 0.05) is 12.6 Å². The second kappa shape index (κ2) is 9.28. The van der Waals surface area contributed by atoms with Crippen molar-refractivity contribution in [2.75, 3.05) is 20.3 Å². The van der Waals surface area contributed by atoms with E-state index in [9.17, 15) is 4.79 Å². The molecule has 1 aliphatic carbocycles.